The fourth-order valence-electron chi connectivity index (χ4n) is 8.34. The number of aromatic nitrogens is 2. The average molecular weight is 659 g/mol. The van der Waals surface area contributed by atoms with Crippen LogP contribution in [0.25, 0.3) is 109 Å². The Hall–Kier alpha value is -6.90. The van der Waals surface area contributed by atoms with Crippen molar-refractivity contribution in [3.8, 4) is 33.4 Å². The van der Waals surface area contributed by atoms with Gasteiger partial charge in [0.15, 0.2) is 0 Å². The summed E-state index contributed by atoms with van der Waals surface area (Å²) >= 11 is 0. The molecule has 2 nitrogen and oxygen atoms in total. The topological polar surface area (TPSA) is 25.8 Å². The molecule has 2 heteroatoms. The number of nitrogens with zero attached hydrogens (tertiary/aromatic N) is 2. The van der Waals surface area contributed by atoms with E-state index >= 15 is 0 Å². The maximum Gasteiger partial charge on any atom is 0.0978 e. The highest BCUT2D eigenvalue weighted by Crippen LogP contribution is 2.41. The van der Waals surface area contributed by atoms with Gasteiger partial charge in [-0.1, -0.05) is 146 Å². The van der Waals surface area contributed by atoms with E-state index in [-0.39, 0.29) is 0 Å². The molecule has 0 unspecified atom stereocenters. The van der Waals surface area contributed by atoms with Crippen molar-refractivity contribution in [3.63, 3.8) is 0 Å². The Bertz CT molecular complexity index is 3230. The standard InChI is InChI=1S/C50H30N2/c1-2-8-31(9-3-1)35-18-15-33-21-25-42-39(12-6-13-41(42)46(33)29-35)37-23-24-40-36(28-37)19-16-32-17-20-38(30-45(32)40)48-43-11-4-5-14-47(43)52-50-44(48)26-22-34-10-7-27-51-49(34)50/h1-30H. The van der Waals surface area contributed by atoms with Crippen LogP contribution in [0.1, 0.15) is 0 Å². The van der Waals surface area contributed by atoms with Crippen LogP contribution in [0.3, 0.4) is 0 Å². The molecule has 52 heavy (non-hydrogen) atoms. The fraction of sp³-hybridized carbons (Fsp3) is 0. The smallest absolute Gasteiger partial charge is 0.0978 e. The van der Waals surface area contributed by atoms with Crippen LogP contribution in [0.2, 0.25) is 0 Å². The zero-order chi connectivity index (χ0) is 34.2. The quantitative estimate of drug-likeness (QED) is 0.139. The second-order valence-electron chi connectivity index (χ2n) is 13.7. The molecule has 0 bridgehead atoms. The number of rotatable bonds is 3. The van der Waals surface area contributed by atoms with Gasteiger partial charge in [-0.25, -0.2) is 4.98 Å². The Kier molecular flexibility index (Phi) is 6.28. The van der Waals surface area contributed by atoms with Crippen LogP contribution in [0.15, 0.2) is 182 Å². The Balaban J connectivity index is 1.08. The summed E-state index contributed by atoms with van der Waals surface area (Å²) in [4.78, 5) is 9.90. The number of hydrogen-bond acceptors (Lipinski definition) is 2. The van der Waals surface area contributed by atoms with Gasteiger partial charge in [-0.2, -0.15) is 0 Å². The second-order valence-corrected chi connectivity index (χ2v) is 13.7. The van der Waals surface area contributed by atoms with Crippen molar-refractivity contribution < 1.29 is 0 Å². The first-order valence-electron chi connectivity index (χ1n) is 17.8. The summed E-state index contributed by atoms with van der Waals surface area (Å²) in [6, 6.07) is 64.0. The lowest BCUT2D eigenvalue weighted by Gasteiger charge is -2.15. The molecular weight excluding hydrogens is 629 g/mol. The van der Waals surface area contributed by atoms with Gasteiger partial charge in [-0.15, -0.1) is 0 Å². The maximum atomic E-state index is 5.14. The van der Waals surface area contributed by atoms with Gasteiger partial charge in [-0.05, 0) is 101 Å². The summed E-state index contributed by atoms with van der Waals surface area (Å²) in [5.74, 6) is 0. The van der Waals surface area contributed by atoms with Crippen LogP contribution in [0.4, 0.5) is 0 Å². The van der Waals surface area contributed by atoms with Gasteiger partial charge >= 0.3 is 0 Å². The van der Waals surface area contributed by atoms with E-state index in [2.05, 4.69) is 170 Å². The van der Waals surface area contributed by atoms with Gasteiger partial charge < -0.3 is 0 Å². The molecule has 11 rings (SSSR count). The Labute approximate surface area is 300 Å². The highest BCUT2D eigenvalue weighted by molar-refractivity contribution is 6.18. The first-order valence-corrected chi connectivity index (χ1v) is 17.8. The fourth-order valence-corrected chi connectivity index (χ4v) is 8.34. The molecule has 0 N–H and O–H groups in total. The third-order valence-electron chi connectivity index (χ3n) is 10.8. The van der Waals surface area contributed by atoms with E-state index in [1.165, 1.54) is 76.5 Å². The number of para-hydroxylation sites is 1. The van der Waals surface area contributed by atoms with Crippen LogP contribution >= 0.6 is 0 Å². The SMILES string of the molecule is c1ccc(-c2ccc3ccc4c(-c5ccc6c(ccc7ccc(-c8c9ccccc9nc9c8ccc8cccnc89)cc76)c5)cccc4c3c2)cc1. The molecular formula is C50H30N2. The molecule has 0 saturated heterocycles. The van der Waals surface area contributed by atoms with Crippen molar-refractivity contribution in [2.75, 3.05) is 0 Å². The van der Waals surface area contributed by atoms with Crippen LogP contribution in [0, 0.1) is 0 Å². The summed E-state index contributed by atoms with van der Waals surface area (Å²) in [5, 5.41) is 13.4. The molecule has 0 saturated carbocycles. The summed E-state index contributed by atoms with van der Waals surface area (Å²) < 4.78 is 0. The lowest BCUT2D eigenvalue weighted by molar-refractivity contribution is 1.40. The minimum absolute atomic E-state index is 0.934. The van der Waals surface area contributed by atoms with E-state index in [9.17, 15) is 0 Å². The van der Waals surface area contributed by atoms with Crippen molar-refractivity contribution in [2.45, 2.75) is 0 Å². The Morgan fingerprint density at radius 2 is 0.981 bits per heavy atom. The first-order chi connectivity index (χ1) is 25.8. The van der Waals surface area contributed by atoms with Gasteiger partial charge in [0, 0.05) is 27.9 Å². The summed E-state index contributed by atoms with van der Waals surface area (Å²) in [6.45, 7) is 0. The molecule has 9 aromatic carbocycles. The normalized spacial score (nSPS) is 11.8. The molecule has 0 fully saturated rings. The number of hydrogen-bond donors (Lipinski definition) is 0. The van der Waals surface area contributed by atoms with Gasteiger partial charge in [0.05, 0.1) is 16.6 Å². The van der Waals surface area contributed by atoms with Crippen LogP contribution in [-0.4, -0.2) is 9.97 Å². The zero-order valence-electron chi connectivity index (χ0n) is 28.2. The van der Waals surface area contributed by atoms with E-state index in [4.69, 9.17) is 9.97 Å². The molecule has 2 aromatic heterocycles. The van der Waals surface area contributed by atoms with E-state index < -0.39 is 0 Å². The minimum Gasteiger partial charge on any atom is -0.254 e. The molecule has 0 atom stereocenters. The molecule has 0 aliphatic carbocycles. The van der Waals surface area contributed by atoms with Crippen molar-refractivity contribution in [1.29, 1.82) is 0 Å². The van der Waals surface area contributed by atoms with Gasteiger partial charge in [0.2, 0.25) is 0 Å². The molecule has 0 radical (unpaired) electrons. The zero-order valence-corrected chi connectivity index (χ0v) is 28.2. The van der Waals surface area contributed by atoms with Crippen LogP contribution < -0.4 is 0 Å². The van der Waals surface area contributed by atoms with Crippen LogP contribution in [-0.2, 0) is 0 Å². The van der Waals surface area contributed by atoms with E-state index in [1.54, 1.807) is 0 Å². The minimum atomic E-state index is 0.934. The van der Waals surface area contributed by atoms with Gasteiger partial charge in [0.1, 0.15) is 0 Å². The second kappa shape index (κ2) is 11.3. The summed E-state index contributed by atoms with van der Waals surface area (Å²) in [6.07, 6.45) is 1.86. The van der Waals surface area contributed by atoms with Crippen molar-refractivity contribution in [1.82, 2.24) is 9.97 Å². The molecule has 0 spiro atoms. The highest BCUT2D eigenvalue weighted by Gasteiger charge is 2.16. The van der Waals surface area contributed by atoms with Gasteiger partial charge in [-0.3, -0.25) is 4.98 Å². The van der Waals surface area contributed by atoms with Crippen LogP contribution in [0.5, 0.6) is 0 Å². The maximum absolute atomic E-state index is 5.14. The molecule has 2 heterocycles. The lowest BCUT2D eigenvalue weighted by atomic mass is 9.90. The van der Waals surface area contributed by atoms with Gasteiger partial charge in [0.25, 0.3) is 0 Å². The molecule has 0 amide bonds. The third-order valence-corrected chi connectivity index (χ3v) is 10.8. The monoisotopic (exact) mass is 658 g/mol. The molecule has 11 aromatic rings. The van der Waals surface area contributed by atoms with Crippen molar-refractivity contribution in [3.05, 3.63) is 182 Å². The van der Waals surface area contributed by atoms with E-state index in [1.807, 2.05) is 12.3 Å². The summed E-state index contributed by atoms with van der Waals surface area (Å²) in [5.41, 5.74) is 10.2. The third kappa shape index (κ3) is 4.44. The van der Waals surface area contributed by atoms with Crippen molar-refractivity contribution in [2.24, 2.45) is 0 Å². The lowest BCUT2D eigenvalue weighted by Crippen LogP contribution is -1.92. The first kappa shape index (κ1) is 28.9. The largest absolute Gasteiger partial charge is 0.254 e. The number of benzene rings is 9. The molecule has 0 aliphatic rings. The number of pyridine rings is 2. The average Bonchev–Trinajstić information content (AvgIpc) is 3.22. The highest BCUT2D eigenvalue weighted by atomic mass is 14.7. The number of fused-ring (bicyclic) bond motifs is 10. The van der Waals surface area contributed by atoms with E-state index in [0.717, 1.165) is 32.7 Å². The summed E-state index contributed by atoms with van der Waals surface area (Å²) in [7, 11) is 0. The van der Waals surface area contributed by atoms with Crippen molar-refractivity contribution >= 4 is 75.8 Å². The molecule has 0 aliphatic heterocycles. The predicted molar refractivity (Wildman–Crippen MR) is 221 cm³/mol. The predicted octanol–water partition coefficient (Wildman–Crippen LogP) is 13.5. The Morgan fingerprint density at radius 3 is 1.90 bits per heavy atom. The Morgan fingerprint density at radius 1 is 0.308 bits per heavy atom. The van der Waals surface area contributed by atoms with E-state index in [0.29, 0.717) is 0 Å². The molecule has 240 valence electrons.